The molecule has 1 aromatic rings. The Labute approximate surface area is 139 Å². The molecule has 0 radical (unpaired) electrons. The maximum absolute atomic E-state index is 12.3. The molecule has 0 saturated carbocycles. The van der Waals surface area contributed by atoms with Crippen molar-refractivity contribution < 1.29 is 14.3 Å². The van der Waals surface area contributed by atoms with Crippen molar-refractivity contribution in [3.63, 3.8) is 0 Å². The topological polar surface area (TPSA) is 43.4 Å². The molecule has 6 heteroatoms. The van der Waals surface area contributed by atoms with Crippen molar-refractivity contribution in [3.8, 4) is 0 Å². The molecule has 0 fully saturated rings. The first-order chi connectivity index (χ1) is 9.60. The number of Topliss-reactive ketones (excluding diaryl/α,β-unsaturated/α-hetero) is 1. The molecule has 0 aliphatic carbocycles. The summed E-state index contributed by atoms with van der Waals surface area (Å²) in [5.74, 6) is -0.352. The number of benzene rings is 1. The SMILES string of the molecule is CC(SCC(=O)OC(C)(C)C)C(=O)c1ccc(Cl)cc1Cl. The molecule has 3 nitrogen and oxygen atoms in total. The summed E-state index contributed by atoms with van der Waals surface area (Å²) >= 11 is 13.0. The van der Waals surface area contributed by atoms with Crippen LogP contribution >= 0.6 is 35.0 Å². The fraction of sp³-hybridized carbons (Fsp3) is 0.467. The molecule has 0 heterocycles. The lowest BCUT2D eigenvalue weighted by atomic mass is 10.1. The van der Waals surface area contributed by atoms with Crippen LogP contribution in [0.1, 0.15) is 38.1 Å². The Kier molecular flexibility index (Phi) is 6.57. The monoisotopic (exact) mass is 348 g/mol. The fourth-order valence-electron chi connectivity index (χ4n) is 1.55. The van der Waals surface area contributed by atoms with Crippen LogP contribution in [0.2, 0.25) is 10.0 Å². The van der Waals surface area contributed by atoms with E-state index in [9.17, 15) is 9.59 Å². The second-order valence-corrected chi connectivity index (χ2v) is 7.70. The zero-order valence-electron chi connectivity index (χ0n) is 12.4. The van der Waals surface area contributed by atoms with E-state index in [1.54, 1.807) is 39.8 Å². The van der Waals surface area contributed by atoms with E-state index in [4.69, 9.17) is 27.9 Å². The van der Waals surface area contributed by atoms with Gasteiger partial charge in [-0.05, 0) is 45.9 Å². The summed E-state index contributed by atoms with van der Waals surface area (Å²) in [4.78, 5) is 23.9. The van der Waals surface area contributed by atoms with Gasteiger partial charge in [-0.1, -0.05) is 23.2 Å². The van der Waals surface area contributed by atoms with Crippen molar-refractivity contribution >= 4 is 46.7 Å². The smallest absolute Gasteiger partial charge is 0.316 e. The highest BCUT2D eigenvalue weighted by molar-refractivity contribution is 8.01. The molecule has 116 valence electrons. The van der Waals surface area contributed by atoms with E-state index < -0.39 is 10.9 Å². The van der Waals surface area contributed by atoms with Gasteiger partial charge in [-0.2, -0.15) is 0 Å². The number of carbonyl (C=O) groups is 2. The van der Waals surface area contributed by atoms with Crippen molar-refractivity contribution in [1.82, 2.24) is 0 Å². The molecule has 21 heavy (non-hydrogen) atoms. The van der Waals surface area contributed by atoms with E-state index in [0.29, 0.717) is 15.6 Å². The molecule has 1 rings (SSSR count). The molecular formula is C15H18Cl2O3S. The van der Waals surface area contributed by atoms with E-state index in [1.165, 1.54) is 17.8 Å². The predicted octanol–water partition coefficient (Wildman–Crippen LogP) is 4.64. The Balaban J connectivity index is 2.61. The Morgan fingerprint density at radius 3 is 2.43 bits per heavy atom. The van der Waals surface area contributed by atoms with Gasteiger partial charge < -0.3 is 4.74 Å². The number of thioether (sulfide) groups is 1. The molecule has 0 N–H and O–H groups in total. The second-order valence-electron chi connectivity index (χ2n) is 5.53. The van der Waals surface area contributed by atoms with Crippen LogP contribution < -0.4 is 0 Å². The van der Waals surface area contributed by atoms with Gasteiger partial charge in [0.1, 0.15) is 5.60 Å². The highest BCUT2D eigenvalue weighted by Gasteiger charge is 2.22. The summed E-state index contributed by atoms with van der Waals surface area (Å²) in [7, 11) is 0. The van der Waals surface area contributed by atoms with Crippen LogP contribution in [0.3, 0.4) is 0 Å². The summed E-state index contributed by atoms with van der Waals surface area (Å²) < 4.78 is 5.20. The van der Waals surface area contributed by atoms with Crippen LogP contribution in [0.25, 0.3) is 0 Å². The molecule has 1 atom stereocenters. The van der Waals surface area contributed by atoms with Gasteiger partial charge in [0.05, 0.1) is 16.0 Å². The molecular weight excluding hydrogens is 331 g/mol. The third-order valence-electron chi connectivity index (χ3n) is 2.44. The summed E-state index contributed by atoms with van der Waals surface area (Å²) in [5, 5.41) is 0.402. The molecule has 0 saturated heterocycles. The van der Waals surface area contributed by atoms with E-state index in [0.717, 1.165) is 0 Å². The Morgan fingerprint density at radius 2 is 1.90 bits per heavy atom. The minimum Gasteiger partial charge on any atom is -0.459 e. The van der Waals surface area contributed by atoms with Crippen LogP contribution in [0.4, 0.5) is 0 Å². The Hall–Kier alpha value is -0.710. The maximum atomic E-state index is 12.3. The zero-order chi connectivity index (χ0) is 16.2. The lowest BCUT2D eigenvalue weighted by Crippen LogP contribution is -2.26. The van der Waals surface area contributed by atoms with Gasteiger partial charge in [-0.15, -0.1) is 11.8 Å². The van der Waals surface area contributed by atoms with Crippen molar-refractivity contribution in [2.75, 3.05) is 5.75 Å². The maximum Gasteiger partial charge on any atom is 0.316 e. The summed E-state index contributed by atoms with van der Waals surface area (Å²) in [6, 6.07) is 4.74. The summed E-state index contributed by atoms with van der Waals surface area (Å²) in [5.41, 5.74) is -0.116. The normalized spacial score (nSPS) is 12.9. The minimum absolute atomic E-state index is 0.120. The fourth-order valence-corrected chi connectivity index (χ4v) is 2.77. The van der Waals surface area contributed by atoms with Gasteiger partial charge in [0.2, 0.25) is 0 Å². The van der Waals surface area contributed by atoms with Gasteiger partial charge in [-0.25, -0.2) is 0 Å². The van der Waals surface area contributed by atoms with E-state index in [2.05, 4.69) is 0 Å². The van der Waals surface area contributed by atoms with Gasteiger partial charge in [0.15, 0.2) is 5.78 Å². The van der Waals surface area contributed by atoms with Crippen LogP contribution in [-0.2, 0) is 9.53 Å². The van der Waals surface area contributed by atoms with Crippen LogP contribution in [0.15, 0.2) is 18.2 Å². The number of carbonyl (C=O) groups excluding carboxylic acids is 2. The van der Waals surface area contributed by atoms with Crippen molar-refractivity contribution in [2.45, 2.75) is 38.5 Å². The molecule has 0 aliphatic heterocycles. The third kappa shape index (κ3) is 6.29. The first-order valence-corrected chi connectivity index (χ1v) is 8.23. The third-order valence-corrected chi connectivity index (χ3v) is 4.10. The average molecular weight is 349 g/mol. The molecule has 1 aromatic carbocycles. The number of rotatable bonds is 5. The van der Waals surface area contributed by atoms with Crippen LogP contribution in [-0.4, -0.2) is 28.4 Å². The average Bonchev–Trinajstić information content (AvgIpc) is 2.33. The Bertz CT molecular complexity index is 538. The highest BCUT2D eigenvalue weighted by atomic mass is 35.5. The van der Waals surface area contributed by atoms with E-state index in [1.807, 2.05) is 0 Å². The molecule has 0 aliphatic rings. The van der Waals surface area contributed by atoms with Crippen LogP contribution in [0.5, 0.6) is 0 Å². The molecule has 0 aromatic heterocycles. The molecule has 1 unspecified atom stereocenters. The first kappa shape index (κ1) is 18.3. The lowest BCUT2D eigenvalue weighted by molar-refractivity contribution is -0.151. The van der Waals surface area contributed by atoms with E-state index >= 15 is 0 Å². The lowest BCUT2D eigenvalue weighted by Gasteiger charge is -2.20. The zero-order valence-corrected chi connectivity index (χ0v) is 14.7. The van der Waals surface area contributed by atoms with E-state index in [-0.39, 0.29) is 17.5 Å². The Morgan fingerprint density at radius 1 is 1.29 bits per heavy atom. The number of esters is 1. The number of ether oxygens (including phenoxy) is 1. The standard InChI is InChI=1S/C15H18Cl2O3S/c1-9(21-8-13(18)20-15(2,3)4)14(19)11-6-5-10(16)7-12(11)17/h5-7,9H,8H2,1-4H3. The summed E-state index contributed by atoms with van der Waals surface area (Å²) in [6.45, 7) is 7.15. The first-order valence-electron chi connectivity index (χ1n) is 6.43. The van der Waals surface area contributed by atoms with Gasteiger partial charge in [-0.3, -0.25) is 9.59 Å². The minimum atomic E-state index is -0.523. The van der Waals surface area contributed by atoms with Gasteiger partial charge >= 0.3 is 5.97 Å². The molecule has 0 bridgehead atoms. The second kappa shape index (κ2) is 7.52. The largest absolute Gasteiger partial charge is 0.459 e. The number of ketones is 1. The molecule has 0 amide bonds. The highest BCUT2D eigenvalue weighted by Crippen LogP contribution is 2.25. The predicted molar refractivity (Wildman–Crippen MR) is 88.6 cm³/mol. The number of hydrogen-bond acceptors (Lipinski definition) is 4. The molecule has 0 spiro atoms. The number of halogens is 2. The number of hydrogen-bond donors (Lipinski definition) is 0. The van der Waals surface area contributed by atoms with Crippen LogP contribution in [0, 0.1) is 0 Å². The van der Waals surface area contributed by atoms with Crippen molar-refractivity contribution in [3.05, 3.63) is 33.8 Å². The summed E-state index contributed by atoms with van der Waals surface area (Å²) in [6.07, 6.45) is 0. The quantitative estimate of drug-likeness (QED) is 0.574. The van der Waals surface area contributed by atoms with Gasteiger partial charge in [0, 0.05) is 10.6 Å². The van der Waals surface area contributed by atoms with Crippen molar-refractivity contribution in [2.24, 2.45) is 0 Å². The van der Waals surface area contributed by atoms with Gasteiger partial charge in [0.25, 0.3) is 0 Å². The van der Waals surface area contributed by atoms with Crippen molar-refractivity contribution in [1.29, 1.82) is 0 Å².